The number of benzene rings is 1. The first-order chi connectivity index (χ1) is 8.86. The number of carbonyl (C=O) groups excluding carboxylic acids is 1. The van der Waals surface area contributed by atoms with Crippen LogP contribution in [-0.2, 0) is 4.79 Å². The molecule has 19 heavy (non-hydrogen) atoms. The van der Waals surface area contributed by atoms with Crippen molar-refractivity contribution in [3.8, 4) is 0 Å². The average Bonchev–Trinajstić information content (AvgIpc) is 2.34. The third-order valence-corrected chi connectivity index (χ3v) is 2.75. The summed E-state index contributed by atoms with van der Waals surface area (Å²) in [6, 6.07) is 4.42. The van der Waals surface area contributed by atoms with E-state index >= 15 is 0 Å². The van der Waals surface area contributed by atoms with Crippen LogP contribution in [0.5, 0.6) is 0 Å². The quantitative estimate of drug-likeness (QED) is 0.589. The predicted octanol–water partition coefficient (Wildman–Crippen LogP) is 0.960. The summed E-state index contributed by atoms with van der Waals surface area (Å²) in [5, 5.41) is 20.5. The molecule has 0 saturated carbocycles. The van der Waals surface area contributed by atoms with Gasteiger partial charge in [0.2, 0.25) is 5.91 Å². The van der Waals surface area contributed by atoms with E-state index in [4.69, 9.17) is 5.73 Å². The first-order valence-corrected chi connectivity index (χ1v) is 5.86. The Morgan fingerprint density at radius 1 is 1.58 bits per heavy atom. The normalized spacial score (nSPS) is 11.9. The van der Waals surface area contributed by atoms with Crippen molar-refractivity contribution in [1.29, 1.82) is 0 Å². The van der Waals surface area contributed by atoms with Crippen LogP contribution >= 0.6 is 0 Å². The number of amides is 1. The van der Waals surface area contributed by atoms with E-state index in [0.717, 1.165) is 0 Å². The van der Waals surface area contributed by atoms with E-state index in [1.54, 1.807) is 13.0 Å². The monoisotopic (exact) mass is 267 g/mol. The van der Waals surface area contributed by atoms with Gasteiger partial charge in [-0.05, 0) is 25.5 Å². The van der Waals surface area contributed by atoms with E-state index in [9.17, 15) is 20.0 Å². The van der Waals surface area contributed by atoms with Crippen molar-refractivity contribution in [2.45, 2.75) is 20.0 Å². The molecule has 0 radical (unpaired) electrons. The van der Waals surface area contributed by atoms with Gasteiger partial charge in [0.1, 0.15) is 5.69 Å². The zero-order valence-electron chi connectivity index (χ0n) is 10.9. The van der Waals surface area contributed by atoms with Gasteiger partial charge in [0.05, 0.1) is 17.6 Å². The van der Waals surface area contributed by atoms with Crippen LogP contribution in [0.25, 0.3) is 0 Å². The molecule has 1 aromatic rings. The van der Waals surface area contributed by atoms with Crippen molar-refractivity contribution in [2.75, 3.05) is 18.0 Å². The Morgan fingerprint density at radius 2 is 2.21 bits per heavy atom. The number of rotatable bonds is 6. The van der Waals surface area contributed by atoms with E-state index in [-0.39, 0.29) is 12.2 Å². The zero-order chi connectivity index (χ0) is 14.6. The van der Waals surface area contributed by atoms with E-state index in [2.05, 4.69) is 0 Å². The average molecular weight is 267 g/mol. The number of nitrogens with two attached hydrogens (primary N) is 1. The second-order valence-electron chi connectivity index (χ2n) is 4.16. The summed E-state index contributed by atoms with van der Waals surface area (Å²) in [6.45, 7) is 3.62. The van der Waals surface area contributed by atoms with Crippen molar-refractivity contribution in [1.82, 2.24) is 0 Å². The maximum Gasteiger partial charge on any atom is 0.292 e. The Hall–Kier alpha value is -2.15. The van der Waals surface area contributed by atoms with Crippen LogP contribution in [0.15, 0.2) is 18.2 Å². The molecule has 0 aliphatic carbocycles. The first kappa shape index (κ1) is 14.9. The van der Waals surface area contributed by atoms with Crippen LogP contribution in [0.3, 0.4) is 0 Å². The van der Waals surface area contributed by atoms with Crippen LogP contribution in [0.4, 0.5) is 11.4 Å². The maximum atomic E-state index is 11.1. The highest BCUT2D eigenvalue weighted by molar-refractivity contribution is 5.81. The number of primary amides is 1. The molecular formula is C12H17N3O4. The van der Waals surface area contributed by atoms with Gasteiger partial charge >= 0.3 is 0 Å². The number of nitrogens with zero attached hydrogens (tertiary/aromatic N) is 2. The fourth-order valence-corrected chi connectivity index (χ4v) is 1.77. The van der Waals surface area contributed by atoms with Crippen molar-refractivity contribution in [3.05, 3.63) is 33.9 Å². The molecule has 7 heteroatoms. The summed E-state index contributed by atoms with van der Waals surface area (Å²) in [7, 11) is 0. The Balaban J connectivity index is 3.25. The second kappa shape index (κ2) is 6.14. The third kappa shape index (κ3) is 3.65. The summed E-state index contributed by atoms with van der Waals surface area (Å²) in [4.78, 5) is 23.0. The molecule has 0 bridgehead atoms. The van der Waals surface area contributed by atoms with Crippen molar-refractivity contribution >= 4 is 17.3 Å². The minimum Gasteiger partial charge on any atom is -0.389 e. The van der Waals surface area contributed by atoms with Gasteiger partial charge in [-0.1, -0.05) is 6.07 Å². The van der Waals surface area contributed by atoms with Crippen LogP contribution in [0.1, 0.15) is 25.5 Å². The highest BCUT2D eigenvalue weighted by atomic mass is 16.6. The number of carbonyl (C=O) groups is 1. The Morgan fingerprint density at radius 3 is 2.63 bits per heavy atom. The molecule has 0 heterocycles. The topological polar surface area (TPSA) is 110 Å². The van der Waals surface area contributed by atoms with Crippen molar-refractivity contribution < 1.29 is 14.8 Å². The maximum absolute atomic E-state index is 11.1. The molecule has 104 valence electrons. The number of nitro benzene ring substituents is 1. The number of hydrogen-bond donors (Lipinski definition) is 2. The van der Waals surface area contributed by atoms with Crippen molar-refractivity contribution in [3.63, 3.8) is 0 Å². The lowest BCUT2D eigenvalue weighted by atomic mass is 10.1. The minimum atomic E-state index is -0.793. The van der Waals surface area contributed by atoms with Crippen LogP contribution in [0, 0.1) is 10.1 Å². The Bertz CT molecular complexity index is 488. The fraction of sp³-hybridized carbons (Fsp3) is 0.417. The molecule has 0 spiro atoms. The van der Waals surface area contributed by atoms with Gasteiger partial charge in [-0.2, -0.15) is 0 Å². The Kier molecular flexibility index (Phi) is 4.82. The fourth-order valence-electron chi connectivity index (χ4n) is 1.77. The molecule has 7 nitrogen and oxygen atoms in total. The molecule has 0 aliphatic rings. The summed E-state index contributed by atoms with van der Waals surface area (Å²) in [6.07, 6.45) is -0.793. The largest absolute Gasteiger partial charge is 0.389 e. The number of likely N-dealkylation sites (N-methyl/N-ethyl adjacent to an activating group) is 1. The summed E-state index contributed by atoms with van der Waals surface area (Å²) in [5.74, 6) is -0.559. The first-order valence-electron chi connectivity index (χ1n) is 5.86. The number of aliphatic hydroxyl groups excluding tert-OH is 1. The molecule has 0 unspecified atom stereocenters. The smallest absolute Gasteiger partial charge is 0.292 e. The molecule has 3 N–H and O–H groups in total. The van der Waals surface area contributed by atoms with Crippen LogP contribution < -0.4 is 10.6 Å². The predicted molar refractivity (Wildman–Crippen MR) is 70.8 cm³/mol. The van der Waals surface area contributed by atoms with Crippen LogP contribution in [0.2, 0.25) is 0 Å². The van der Waals surface area contributed by atoms with Gasteiger partial charge in [-0.15, -0.1) is 0 Å². The molecule has 1 rings (SSSR count). The lowest BCUT2D eigenvalue weighted by Gasteiger charge is -2.21. The van der Waals surface area contributed by atoms with Gasteiger partial charge in [-0.3, -0.25) is 14.9 Å². The summed E-state index contributed by atoms with van der Waals surface area (Å²) >= 11 is 0. The molecule has 0 aromatic heterocycles. The highest BCUT2D eigenvalue weighted by Gasteiger charge is 2.21. The molecule has 0 aliphatic heterocycles. The van der Waals surface area contributed by atoms with Gasteiger partial charge < -0.3 is 15.7 Å². The zero-order valence-corrected chi connectivity index (χ0v) is 10.9. The lowest BCUT2D eigenvalue weighted by Crippen LogP contribution is -2.34. The standard InChI is InChI=1S/C12H17N3O4/c1-3-14(7-12(13)17)10-5-4-9(8(2)16)6-11(10)15(18)19/h4-6,8,16H,3,7H2,1-2H3,(H2,13,17)/t8-/m0/s1. The highest BCUT2D eigenvalue weighted by Crippen LogP contribution is 2.30. The van der Waals surface area contributed by atoms with Crippen LogP contribution in [-0.4, -0.2) is 29.0 Å². The van der Waals surface area contributed by atoms with Gasteiger partial charge in [0.15, 0.2) is 0 Å². The van der Waals surface area contributed by atoms with Gasteiger partial charge in [0.25, 0.3) is 5.69 Å². The number of nitro groups is 1. The SMILES string of the molecule is CCN(CC(N)=O)c1ccc([C@H](C)O)cc1[N+](=O)[O-]. The van der Waals surface area contributed by atoms with E-state index < -0.39 is 16.9 Å². The lowest BCUT2D eigenvalue weighted by molar-refractivity contribution is -0.384. The third-order valence-electron chi connectivity index (χ3n) is 2.75. The van der Waals surface area contributed by atoms with Gasteiger partial charge in [-0.25, -0.2) is 0 Å². The molecule has 1 amide bonds. The molecular weight excluding hydrogens is 250 g/mol. The van der Waals surface area contributed by atoms with Gasteiger partial charge in [0, 0.05) is 12.6 Å². The molecule has 0 saturated heterocycles. The van der Waals surface area contributed by atoms with Crippen molar-refractivity contribution in [2.24, 2.45) is 5.73 Å². The molecule has 1 aromatic carbocycles. The molecule has 1 atom stereocenters. The Labute approximate surface area is 110 Å². The number of aliphatic hydroxyl groups is 1. The second-order valence-corrected chi connectivity index (χ2v) is 4.16. The number of anilines is 1. The van der Waals surface area contributed by atoms with E-state index in [1.807, 2.05) is 0 Å². The minimum absolute atomic E-state index is 0.0919. The molecule has 0 fully saturated rings. The van der Waals surface area contributed by atoms with E-state index in [1.165, 1.54) is 24.0 Å². The summed E-state index contributed by atoms with van der Waals surface area (Å²) in [5.41, 5.74) is 5.73. The van der Waals surface area contributed by atoms with E-state index in [0.29, 0.717) is 17.8 Å². The summed E-state index contributed by atoms with van der Waals surface area (Å²) < 4.78 is 0. The number of hydrogen-bond acceptors (Lipinski definition) is 5.